The van der Waals surface area contributed by atoms with Gasteiger partial charge in [-0.3, -0.25) is 4.90 Å². The van der Waals surface area contributed by atoms with E-state index in [1.165, 1.54) is 51.5 Å². The Hall–Kier alpha value is -0.0800. The van der Waals surface area contributed by atoms with Crippen molar-refractivity contribution in [2.75, 3.05) is 13.1 Å². The van der Waals surface area contributed by atoms with E-state index in [0.29, 0.717) is 0 Å². The summed E-state index contributed by atoms with van der Waals surface area (Å²) in [7, 11) is 0. The van der Waals surface area contributed by atoms with Crippen molar-refractivity contribution < 1.29 is 0 Å². The van der Waals surface area contributed by atoms with Crippen LogP contribution in [0.15, 0.2) is 0 Å². The third kappa shape index (κ3) is 3.46. The smallest absolute Gasteiger partial charge is 0.0306 e. The molecule has 0 aliphatic carbocycles. The van der Waals surface area contributed by atoms with Gasteiger partial charge in [-0.1, -0.05) is 32.6 Å². The van der Waals surface area contributed by atoms with Gasteiger partial charge in [-0.25, -0.2) is 0 Å². The molecule has 0 radical (unpaired) electrons. The molecule has 16 heavy (non-hydrogen) atoms. The summed E-state index contributed by atoms with van der Waals surface area (Å²) < 4.78 is 0. The molecule has 1 aliphatic rings. The molecule has 1 rings (SSSR count). The Morgan fingerprint density at radius 2 is 2.06 bits per heavy atom. The molecule has 2 atom stereocenters. The first-order valence-corrected chi connectivity index (χ1v) is 7.11. The Kier molecular flexibility index (Phi) is 5.77. The van der Waals surface area contributed by atoms with Gasteiger partial charge >= 0.3 is 0 Å². The molecule has 2 heteroatoms. The van der Waals surface area contributed by atoms with Gasteiger partial charge in [-0.15, -0.1) is 0 Å². The minimum Gasteiger partial charge on any atom is -0.329 e. The second-order valence-corrected chi connectivity index (χ2v) is 5.70. The van der Waals surface area contributed by atoms with Gasteiger partial charge < -0.3 is 5.73 Å². The van der Waals surface area contributed by atoms with Gasteiger partial charge in [0, 0.05) is 18.1 Å². The van der Waals surface area contributed by atoms with Crippen LogP contribution in [0.1, 0.15) is 65.7 Å². The molecule has 1 aliphatic heterocycles. The first-order valence-electron chi connectivity index (χ1n) is 7.11. The monoisotopic (exact) mass is 226 g/mol. The van der Waals surface area contributed by atoms with E-state index in [1.807, 2.05) is 0 Å². The molecule has 2 nitrogen and oxygen atoms in total. The molecule has 1 fully saturated rings. The molecule has 0 bridgehead atoms. The molecule has 1 saturated heterocycles. The van der Waals surface area contributed by atoms with Gasteiger partial charge in [0.15, 0.2) is 0 Å². The Labute approximate surface area is 102 Å². The Morgan fingerprint density at radius 1 is 1.31 bits per heavy atom. The Balaban J connectivity index is 2.54. The number of nitrogens with two attached hydrogens (primary N) is 1. The summed E-state index contributed by atoms with van der Waals surface area (Å²) in [6, 6.07) is 0.726. The maximum atomic E-state index is 6.04. The fourth-order valence-corrected chi connectivity index (χ4v) is 3.02. The van der Waals surface area contributed by atoms with E-state index in [-0.39, 0.29) is 5.54 Å². The molecular formula is C14H30N2. The lowest BCUT2D eigenvalue weighted by Crippen LogP contribution is -2.56. The van der Waals surface area contributed by atoms with Crippen molar-refractivity contribution in [1.82, 2.24) is 4.90 Å². The predicted molar refractivity (Wildman–Crippen MR) is 71.6 cm³/mol. The molecule has 1 heterocycles. The van der Waals surface area contributed by atoms with Gasteiger partial charge in [0.05, 0.1) is 0 Å². The molecule has 2 unspecified atom stereocenters. The number of nitrogens with zero attached hydrogens (tertiary/aromatic N) is 1. The zero-order valence-electron chi connectivity index (χ0n) is 11.5. The summed E-state index contributed by atoms with van der Waals surface area (Å²) in [5, 5.41) is 0. The van der Waals surface area contributed by atoms with E-state index < -0.39 is 0 Å². The normalized spacial score (nSPS) is 26.6. The lowest BCUT2D eigenvalue weighted by atomic mass is 9.88. The van der Waals surface area contributed by atoms with Crippen LogP contribution in [0.4, 0.5) is 0 Å². The molecule has 0 saturated carbocycles. The summed E-state index contributed by atoms with van der Waals surface area (Å²) in [5.41, 5.74) is 6.29. The number of hydrogen-bond donors (Lipinski definition) is 1. The highest BCUT2D eigenvalue weighted by Gasteiger charge is 2.34. The SMILES string of the molecule is CCCCCC(C)(CN)N1CCCCC1C. The molecule has 0 aromatic rings. The van der Waals surface area contributed by atoms with Crippen molar-refractivity contribution in [2.24, 2.45) is 5.73 Å². The largest absolute Gasteiger partial charge is 0.329 e. The van der Waals surface area contributed by atoms with E-state index in [2.05, 4.69) is 25.7 Å². The molecule has 0 amide bonds. The maximum Gasteiger partial charge on any atom is 0.0306 e. The van der Waals surface area contributed by atoms with Crippen molar-refractivity contribution in [3.8, 4) is 0 Å². The van der Waals surface area contributed by atoms with Crippen LogP contribution >= 0.6 is 0 Å². The van der Waals surface area contributed by atoms with Crippen LogP contribution in [-0.4, -0.2) is 29.6 Å². The van der Waals surface area contributed by atoms with E-state index >= 15 is 0 Å². The molecule has 96 valence electrons. The average molecular weight is 226 g/mol. The number of piperidine rings is 1. The predicted octanol–water partition coefficient (Wildman–Crippen LogP) is 3.16. The second-order valence-electron chi connectivity index (χ2n) is 5.70. The highest BCUT2D eigenvalue weighted by atomic mass is 15.2. The van der Waals surface area contributed by atoms with Gasteiger partial charge in [0.25, 0.3) is 0 Å². The summed E-state index contributed by atoms with van der Waals surface area (Å²) in [6.45, 7) is 9.06. The first-order chi connectivity index (χ1) is 7.64. The number of rotatable bonds is 6. The van der Waals surface area contributed by atoms with Gasteiger partial charge in [-0.05, 0) is 39.7 Å². The van der Waals surface area contributed by atoms with E-state index in [1.54, 1.807) is 0 Å². The van der Waals surface area contributed by atoms with Crippen molar-refractivity contribution in [1.29, 1.82) is 0 Å². The summed E-state index contributed by atoms with van der Waals surface area (Å²) in [5.74, 6) is 0. The highest BCUT2D eigenvalue weighted by molar-refractivity contribution is 4.91. The minimum absolute atomic E-state index is 0.245. The molecular weight excluding hydrogens is 196 g/mol. The van der Waals surface area contributed by atoms with Crippen LogP contribution in [0.2, 0.25) is 0 Å². The quantitative estimate of drug-likeness (QED) is 0.705. The van der Waals surface area contributed by atoms with E-state index in [0.717, 1.165) is 12.6 Å². The van der Waals surface area contributed by atoms with Gasteiger partial charge in [-0.2, -0.15) is 0 Å². The number of unbranched alkanes of at least 4 members (excludes halogenated alkanes) is 2. The third-order valence-corrected chi connectivity index (χ3v) is 4.26. The van der Waals surface area contributed by atoms with Crippen molar-refractivity contribution >= 4 is 0 Å². The van der Waals surface area contributed by atoms with Crippen molar-refractivity contribution in [3.63, 3.8) is 0 Å². The Bertz CT molecular complexity index is 193. The zero-order valence-corrected chi connectivity index (χ0v) is 11.5. The zero-order chi connectivity index (χ0) is 12.0. The van der Waals surface area contributed by atoms with Crippen molar-refractivity contribution in [2.45, 2.75) is 77.3 Å². The van der Waals surface area contributed by atoms with Crippen LogP contribution in [-0.2, 0) is 0 Å². The van der Waals surface area contributed by atoms with Gasteiger partial charge in [0.2, 0.25) is 0 Å². The summed E-state index contributed by atoms with van der Waals surface area (Å²) >= 11 is 0. The van der Waals surface area contributed by atoms with E-state index in [9.17, 15) is 0 Å². The molecule has 0 aromatic heterocycles. The standard InChI is InChI=1S/C14H30N2/c1-4-5-7-10-14(3,12-15)16-11-8-6-9-13(16)2/h13H,4-12,15H2,1-3H3. The first kappa shape index (κ1) is 14.0. The number of hydrogen-bond acceptors (Lipinski definition) is 2. The Morgan fingerprint density at radius 3 is 2.62 bits per heavy atom. The molecule has 0 spiro atoms. The van der Waals surface area contributed by atoms with Crippen LogP contribution in [0.3, 0.4) is 0 Å². The van der Waals surface area contributed by atoms with Crippen LogP contribution < -0.4 is 5.73 Å². The third-order valence-electron chi connectivity index (χ3n) is 4.26. The fraction of sp³-hybridized carbons (Fsp3) is 1.00. The fourth-order valence-electron chi connectivity index (χ4n) is 3.02. The van der Waals surface area contributed by atoms with Gasteiger partial charge in [0.1, 0.15) is 0 Å². The molecule has 2 N–H and O–H groups in total. The highest BCUT2D eigenvalue weighted by Crippen LogP contribution is 2.29. The number of likely N-dealkylation sites (tertiary alicyclic amines) is 1. The lowest BCUT2D eigenvalue weighted by Gasteiger charge is -2.47. The van der Waals surface area contributed by atoms with Crippen LogP contribution in [0.5, 0.6) is 0 Å². The maximum absolute atomic E-state index is 6.04. The molecule has 0 aromatic carbocycles. The van der Waals surface area contributed by atoms with Crippen molar-refractivity contribution in [3.05, 3.63) is 0 Å². The van der Waals surface area contributed by atoms with E-state index in [4.69, 9.17) is 5.73 Å². The topological polar surface area (TPSA) is 29.3 Å². The summed E-state index contributed by atoms with van der Waals surface area (Å²) in [4.78, 5) is 2.67. The average Bonchev–Trinajstić information content (AvgIpc) is 2.30. The second kappa shape index (κ2) is 6.61. The summed E-state index contributed by atoms with van der Waals surface area (Å²) in [6.07, 6.45) is 9.34. The van der Waals surface area contributed by atoms with Crippen LogP contribution in [0, 0.1) is 0 Å². The van der Waals surface area contributed by atoms with Crippen LogP contribution in [0.25, 0.3) is 0 Å². The lowest BCUT2D eigenvalue weighted by molar-refractivity contribution is 0.0341. The minimum atomic E-state index is 0.245.